The second-order valence-electron chi connectivity index (χ2n) is 5.71. The molecule has 2 heterocycles. The number of aryl methyl sites for hydroxylation is 1. The average Bonchev–Trinajstić information content (AvgIpc) is 3.11. The standard InChI is InChI=1S/C18H12F2N2OS.C2HF3O2/c1-11-22-14(10-24-11)5-3-12-4-6-17(21-9-12)15-7-13(19)8-16(20)18(15)23-2;3-2(4,5)1(6)7/h4,6-10H,1-2H3;(H,6,7). The topological polar surface area (TPSA) is 72.3 Å². The maximum atomic E-state index is 13.8. The molecule has 0 aliphatic rings. The summed E-state index contributed by atoms with van der Waals surface area (Å²) >= 11 is 1.53. The minimum atomic E-state index is -5.08. The van der Waals surface area contributed by atoms with Gasteiger partial charge in [-0.25, -0.2) is 18.6 Å². The summed E-state index contributed by atoms with van der Waals surface area (Å²) in [6.07, 6.45) is -3.54. The first-order chi connectivity index (χ1) is 14.5. The van der Waals surface area contributed by atoms with Gasteiger partial charge < -0.3 is 9.84 Å². The molecule has 0 aliphatic heterocycles. The molecular formula is C20H13F5N2O3S. The number of carboxylic acid groups (broad SMARTS) is 1. The van der Waals surface area contributed by atoms with Crippen molar-refractivity contribution < 1.29 is 36.6 Å². The normalized spacial score (nSPS) is 10.4. The Balaban J connectivity index is 0.000000423. The van der Waals surface area contributed by atoms with Gasteiger partial charge in [-0.2, -0.15) is 13.2 Å². The summed E-state index contributed by atoms with van der Waals surface area (Å²) in [5, 5.41) is 9.96. The van der Waals surface area contributed by atoms with Crippen molar-refractivity contribution >= 4 is 17.3 Å². The number of carboxylic acids is 1. The summed E-state index contributed by atoms with van der Waals surface area (Å²) in [4.78, 5) is 17.4. The zero-order chi connectivity index (χ0) is 23.2. The summed E-state index contributed by atoms with van der Waals surface area (Å²) in [5.41, 5.74) is 2.04. The molecule has 2 aromatic heterocycles. The Bertz CT molecular complexity index is 1130. The van der Waals surface area contributed by atoms with Crippen LogP contribution in [-0.2, 0) is 4.79 Å². The molecule has 0 saturated heterocycles. The van der Waals surface area contributed by atoms with Crippen molar-refractivity contribution in [3.63, 3.8) is 0 Å². The molecule has 0 saturated carbocycles. The number of alkyl halides is 3. The van der Waals surface area contributed by atoms with Crippen LogP contribution in [0.3, 0.4) is 0 Å². The van der Waals surface area contributed by atoms with E-state index in [1.165, 1.54) is 24.5 Å². The molecule has 0 aliphatic carbocycles. The summed E-state index contributed by atoms with van der Waals surface area (Å²) < 4.78 is 64.0. The number of nitrogens with zero attached hydrogens (tertiary/aromatic N) is 2. The third kappa shape index (κ3) is 6.75. The van der Waals surface area contributed by atoms with E-state index in [1.807, 2.05) is 12.3 Å². The Morgan fingerprint density at radius 2 is 1.87 bits per heavy atom. The molecule has 3 rings (SSSR count). The van der Waals surface area contributed by atoms with Gasteiger partial charge in [0.1, 0.15) is 11.5 Å². The lowest BCUT2D eigenvalue weighted by atomic mass is 10.1. The van der Waals surface area contributed by atoms with E-state index in [2.05, 4.69) is 21.8 Å². The number of hydrogen-bond acceptors (Lipinski definition) is 5. The van der Waals surface area contributed by atoms with E-state index in [0.29, 0.717) is 17.0 Å². The van der Waals surface area contributed by atoms with Crippen LogP contribution >= 0.6 is 11.3 Å². The Morgan fingerprint density at radius 3 is 2.35 bits per heavy atom. The fourth-order valence-electron chi connectivity index (χ4n) is 2.14. The molecule has 5 nitrogen and oxygen atoms in total. The van der Waals surface area contributed by atoms with Gasteiger partial charge in [0.2, 0.25) is 0 Å². The van der Waals surface area contributed by atoms with E-state index in [9.17, 15) is 22.0 Å². The molecule has 31 heavy (non-hydrogen) atoms. The minimum absolute atomic E-state index is 0.0410. The predicted molar refractivity (Wildman–Crippen MR) is 103 cm³/mol. The number of ether oxygens (including phenoxy) is 1. The monoisotopic (exact) mass is 456 g/mol. The maximum absolute atomic E-state index is 13.8. The Morgan fingerprint density at radius 1 is 1.19 bits per heavy atom. The number of carbonyl (C=O) groups is 1. The number of thiazole rings is 1. The zero-order valence-electron chi connectivity index (χ0n) is 15.9. The van der Waals surface area contributed by atoms with Crippen LogP contribution in [-0.4, -0.2) is 34.3 Å². The van der Waals surface area contributed by atoms with Crippen LogP contribution in [0.1, 0.15) is 16.3 Å². The zero-order valence-corrected chi connectivity index (χ0v) is 16.7. The van der Waals surface area contributed by atoms with Gasteiger partial charge in [0.25, 0.3) is 0 Å². The number of pyridine rings is 1. The Labute approximate surface area is 177 Å². The first-order valence-corrected chi connectivity index (χ1v) is 9.13. The van der Waals surface area contributed by atoms with Crippen molar-refractivity contribution in [2.75, 3.05) is 7.11 Å². The molecule has 1 aromatic carbocycles. The molecule has 162 valence electrons. The van der Waals surface area contributed by atoms with Crippen molar-refractivity contribution in [1.82, 2.24) is 9.97 Å². The third-order valence-corrected chi connectivity index (χ3v) is 4.22. The van der Waals surface area contributed by atoms with Gasteiger partial charge in [-0.3, -0.25) is 4.98 Å². The lowest BCUT2D eigenvalue weighted by molar-refractivity contribution is -0.192. The van der Waals surface area contributed by atoms with Gasteiger partial charge in [-0.05, 0) is 31.0 Å². The molecule has 0 fully saturated rings. The second-order valence-corrected chi connectivity index (χ2v) is 6.77. The van der Waals surface area contributed by atoms with E-state index in [4.69, 9.17) is 14.6 Å². The van der Waals surface area contributed by atoms with Crippen molar-refractivity contribution in [2.24, 2.45) is 0 Å². The third-order valence-electron chi connectivity index (χ3n) is 3.45. The lowest BCUT2D eigenvalue weighted by Gasteiger charge is -2.09. The van der Waals surface area contributed by atoms with Gasteiger partial charge >= 0.3 is 12.1 Å². The van der Waals surface area contributed by atoms with Crippen molar-refractivity contribution in [3.05, 3.63) is 63.7 Å². The fraction of sp³-hybridized carbons (Fsp3) is 0.150. The quantitative estimate of drug-likeness (QED) is 0.442. The van der Waals surface area contributed by atoms with E-state index in [0.717, 1.165) is 11.1 Å². The van der Waals surface area contributed by atoms with Gasteiger partial charge in [0.05, 0.1) is 17.8 Å². The molecule has 0 unspecified atom stereocenters. The van der Waals surface area contributed by atoms with Crippen LogP contribution in [0.5, 0.6) is 5.75 Å². The van der Waals surface area contributed by atoms with E-state index in [-0.39, 0.29) is 11.3 Å². The van der Waals surface area contributed by atoms with Crippen LogP contribution in [0.4, 0.5) is 22.0 Å². The average molecular weight is 456 g/mol. The largest absolute Gasteiger partial charge is 0.493 e. The van der Waals surface area contributed by atoms with Crippen LogP contribution in [0.25, 0.3) is 11.3 Å². The summed E-state index contributed by atoms with van der Waals surface area (Å²) in [6.45, 7) is 1.91. The van der Waals surface area contributed by atoms with Crippen molar-refractivity contribution in [3.8, 4) is 28.8 Å². The van der Waals surface area contributed by atoms with Crippen molar-refractivity contribution in [2.45, 2.75) is 13.1 Å². The molecule has 0 atom stereocenters. The van der Waals surface area contributed by atoms with Gasteiger partial charge in [-0.1, -0.05) is 5.92 Å². The van der Waals surface area contributed by atoms with Crippen LogP contribution in [0.15, 0.2) is 35.8 Å². The number of methoxy groups -OCH3 is 1. The number of benzene rings is 1. The second kappa shape index (κ2) is 9.99. The smallest absolute Gasteiger partial charge is 0.490 e. The highest BCUT2D eigenvalue weighted by molar-refractivity contribution is 7.09. The van der Waals surface area contributed by atoms with Crippen LogP contribution in [0, 0.1) is 30.4 Å². The Kier molecular flexibility index (Phi) is 7.66. The van der Waals surface area contributed by atoms with Crippen LogP contribution in [0.2, 0.25) is 0 Å². The van der Waals surface area contributed by atoms with E-state index >= 15 is 0 Å². The predicted octanol–water partition coefficient (Wildman–Crippen LogP) is 4.83. The molecule has 11 heteroatoms. The summed E-state index contributed by atoms with van der Waals surface area (Å²) in [7, 11) is 1.33. The Hall–Kier alpha value is -3.52. The molecule has 0 amide bonds. The van der Waals surface area contributed by atoms with Gasteiger partial charge in [0.15, 0.2) is 11.6 Å². The number of halogens is 5. The summed E-state index contributed by atoms with van der Waals surface area (Å²) in [6, 6.07) is 5.34. The number of hydrogen-bond donors (Lipinski definition) is 1. The van der Waals surface area contributed by atoms with Gasteiger partial charge in [0, 0.05) is 28.8 Å². The SMILES string of the molecule is COc1c(F)cc(F)cc1-c1ccc(C#Cc2csc(C)n2)cn1.O=C(O)C(F)(F)F. The highest BCUT2D eigenvalue weighted by Gasteiger charge is 2.38. The maximum Gasteiger partial charge on any atom is 0.490 e. The first kappa shape index (κ1) is 23.8. The number of aromatic nitrogens is 2. The van der Waals surface area contributed by atoms with Gasteiger partial charge in [-0.15, -0.1) is 11.3 Å². The minimum Gasteiger partial charge on any atom is -0.493 e. The molecule has 1 N–H and O–H groups in total. The number of aliphatic carboxylic acids is 1. The fourth-order valence-corrected chi connectivity index (χ4v) is 2.69. The molecule has 0 radical (unpaired) electrons. The molecular weight excluding hydrogens is 443 g/mol. The molecule has 3 aromatic rings. The summed E-state index contributed by atoms with van der Waals surface area (Å²) in [5.74, 6) is 1.65. The van der Waals surface area contributed by atoms with Crippen LogP contribution < -0.4 is 4.74 Å². The molecule has 0 bridgehead atoms. The number of rotatable bonds is 2. The van der Waals surface area contributed by atoms with Crippen molar-refractivity contribution in [1.29, 1.82) is 0 Å². The lowest BCUT2D eigenvalue weighted by Crippen LogP contribution is -2.21. The first-order valence-electron chi connectivity index (χ1n) is 8.25. The van der Waals surface area contributed by atoms with E-state index in [1.54, 1.807) is 18.3 Å². The molecule has 0 spiro atoms. The van der Waals surface area contributed by atoms with E-state index < -0.39 is 23.8 Å². The highest BCUT2D eigenvalue weighted by Crippen LogP contribution is 2.32. The highest BCUT2D eigenvalue weighted by atomic mass is 32.1.